The Morgan fingerprint density at radius 3 is 2.52 bits per heavy atom. The summed E-state index contributed by atoms with van der Waals surface area (Å²) in [6.45, 7) is 1.96. The lowest BCUT2D eigenvalue weighted by Gasteiger charge is -2.06. The number of nitrogens with one attached hydrogen (secondary N) is 2. The molecule has 6 heteroatoms. The number of benzene rings is 2. The second-order valence-corrected chi connectivity index (χ2v) is 6.18. The third kappa shape index (κ3) is 5.59. The van der Waals surface area contributed by atoms with E-state index < -0.39 is 5.91 Å². The number of Topliss-reactive ketones (excluding diaryl/α,β-unsaturated/α-hetero) is 1. The maximum atomic E-state index is 12.1. The Balaban J connectivity index is 1.97. The van der Waals surface area contributed by atoms with Crippen LogP contribution >= 0.6 is 15.9 Å². The molecular formula is C19H16BrN3O2. The van der Waals surface area contributed by atoms with Gasteiger partial charge in [-0.15, -0.1) is 0 Å². The molecule has 0 fully saturated rings. The maximum Gasteiger partial charge on any atom is 0.267 e. The molecule has 0 bridgehead atoms. The summed E-state index contributed by atoms with van der Waals surface area (Å²) >= 11 is 3.39. The van der Waals surface area contributed by atoms with Crippen LogP contribution in [0.3, 0.4) is 0 Å². The van der Waals surface area contributed by atoms with Crippen molar-refractivity contribution in [2.75, 3.05) is 5.32 Å². The number of nitrogens with zero attached hydrogens (tertiary/aromatic N) is 1. The fraction of sp³-hybridized carbons (Fsp3) is 0.105. The van der Waals surface area contributed by atoms with Crippen molar-refractivity contribution >= 4 is 33.3 Å². The highest BCUT2D eigenvalue weighted by Gasteiger charge is 2.09. The molecule has 0 aromatic heterocycles. The van der Waals surface area contributed by atoms with Gasteiger partial charge >= 0.3 is 0 Å². The first kappa shape index (κ1) is 18.4. The Hall–Kier alpha value is -2.91. The summed E-state index contributed by atoms with van der Waals surface area (Å²) in [7, 11) is 0. The number of carbonyl (C=O) groups is 2. The van der Waals surface area contributed by atoms with Crippen LogP contribution in [0.5, 0.6) is 0 Å². The van der Waals surface area contributed by atoms with Gasteiger partial charge in [-0.1, -0.05) is 28.1 Å². The zero-order valence-electron chi connectivity index (χ0n) is 13.5. The van der Waals surface area contributed by atoms with Crippen LogP contribution in [0.2, 0.25) is 0 Å². The topological polar surface area (TPSA) is 82.0 Å². The van der Waals surface area contributed by atoms with Crippen molar-refractivity contribution in [3.63, 3.8) is 0 Å². The molecule has 2 aromatic rings. The zero-order valence-corrected chi connectivity index (χ0v) is 15.1. The molecule has 2 rings (SSSR count). The van der Waals surface area contributed by atoms with Crippen LogP contribution in [0.15, 0.2) is 64.8 Å². The standard InChI is InChI=1S/C19H16BrN3O2/c1-13(24)15-5-7-18(8-6-15)23-19(25)16(10-21)12-22-11-14-3-2-4-17(20)9-14/h2-9,12,22H,11H2,1H3,(H,23,25)/b16-12-. The van der Waals surface area contributed by atoms with E-state index in [4.69, 9.17) is 5.26 Å². The van der Waals surface area contributed by atoms with Crippen LogP contribution in [-0.2, 0) is 11.3 Å². The molecule has 2 aromatic carbocycles. The molecule has 0 atom stereocenters. The highest BCUT2D eigenvalue weighted by molar-refractivity contribution is 9.10. The SMILES string of the molecule is CC(=O)c1ccc(NC(=O)/C(C#N)=C\NCc2cccc(Br)c2)cc1. The number of hydrogen-bond donors (Lipinski definition) is 2. The Morgan fingerprint density at radius 1 is 1.20 bits per heavy atom. The monoisotopic (exact) mass is 397 g/mol. The molecule has 0 saturated carbocycles. The number of amides is 1. The lowest BCUT2D eigenvalue weighted by molar-refractivity contribution is -0.112. The summed E-state index contributed by atoms with van der Waals surface area (Å²) in [5, 5.41) is 14.7. The second kappa shape index (κ2) is 8.81. The van der Waals surface area contributed by atoms with Crippen molar-refractivity contribution in [1.29, 1.82) is 5.26 Å². The lowest BCUT2D eigenvalue weighted by Crippen LogP contribution is -2.16. The molecule has 0 aliphatic heterocycles. The average Bonchev–Trinajstić information content (AvgIpc) is 2.59. The molecule has 25 heavy (non-hydrogen) atoms. The summed E-state index contributed by atoms with van der Waals surface area (Å²) in [5.74, 6) is -0.563. The van der Waals surface area contributed by atoms with E-state index in [1.807, 2.05) is 30.3 Å². The summed E-state index contributed by atoms with van der Waals surface area (Å²) in [6, 6.07) is 16.1. The molecule has 2 N–H and O–H groups in total. The summed E-state index contributed by atoms with van der Waals surface area (Å²) in [6.07, 6.45) is 1.39. The third-order valence-corrected chi connectivity index (χ3v) is 3.85. The van der Waals surface area contributed by atoms with Crippen LogP contribution in [0.25, 0.3) is 0 Å². The van der Waals surface area contributed by atoms with Gasteiger partial charge in [-0.3, -0.25) is 9.59 Å². The van der Waals surface area contributed by atoms with Gasteiger partial charge < -0.3 is 10.6 Å². The number of anilines is 1. The van der Waals surface area contributed by atoms with E-state index in [9.17, 15) is 9.59 Å². The smallest absolute Gasteiger partial charge is 0.267 e. The largest absolute Gasteiger partial charge is 0.386 e. The molecule has 5 nitrogen and oxygen atoms in total. The first-order valence-corrected chi connectivity index (χ1v) is 8.29. The van der Waals surface area contributed by atoms with Crippen LogP contribution in [0.4, 0.5) is 5.69 Å². The normalized spacial score (nSPS) is 10.7. The van der Waals surface area contributed by atoms with Crippen LogP contribution < -0.4 is 10.6 Å². The maximum absolute atomic E-state index is 12.1. The average molecular weight is 398 g/mol. The molecule has 126 valence electrons. The fourth-order valence-electron chi connectivity index (χ4n) is 2.05. The molecule has 0 radical (unpaired) electrons. The van der Waals surface area contributed by atoms with Gasteiger partial charge in [-0.05, 0) is 48.9 Å². The molecule has 1 amide bonds. The van der Waals surface area contributed by atoms with Gasteiger partial charge in [0, 0.05) is 28.5 Å². The highest BCUT2D eigenvalue weighted by Crippen LogP contribution is 2.12. The number of nitriles is 1. The number of hydrogen-bond acceptors (Lipinski definition) is 4. The molecule has 0 unspecified atom stereocenters. The summed E-state index contributed by atoms with van der Waals surface area (Å²) in [4.78, 5) is 23.4. The van der Waals surface area contributed by atoms with Crippen molar-refractivity contribution in [2.45, 2.75) is 13.5 Å². The Labute approximate surface area is 154 Å². The molecule has 0 aliphatic rings. The van der Waals surface area contributed by atoms with Gasteiger partial charge in [0.2, 0.25) is 0 Å². The van der Waals surface area contributed by atoms with Crippen LogP contribution in [0.1, 0.15) is 22.8 Å². The first-order valence-electron chi connectivity index (χ1n) is 7.50. The molecule has 0 heterocycles. The van der Waals surface area contributed by atoms with E-state index in [2.05, 4.69) is 26.6 Å². The quantitative estimate of drug-likeness (QED) is 0.441. The lowest BCUT2D eigenvalue weighted by atomic mass is 10.1. The van der Waals surface area contributed by atoms with Gasteiger partial charge in [-0.2, -0.15) is 5.26 Å². The minimum Gasteiger partial charge on any atom is -0.386 e. The Bertz CT molecular complexity index is 852. The van der Waals surface area contributed by atoms with Crippen LogP contribution in [-0.4, -0.2) is 11.7 Å². The van der Waals surface area contributed by atoms with Gasteiger partial charge in [0.05, 0.1) is 0 Å². The summed E-state index contributed by atoms with van der Waals surface area (Å²) < 4.78 is 0.961. The van der Waals surface area contributed by atoms with E-state index in [0.717, 1.165) is 10.0 Å². The molecule has 0 aliphatic carbocycles. The van der Waals surface area contributed by atoms with Gasteiger partial charge in [-0.25, -0.2) is 0 Å². The van der Waals surface area contributed by atoms with Gasteiger partial charge in [0.1, 0.15) is 11.6 Å². The van der Waals surface area contributed by atoms with Crippen molar-refractivity contribution in [3.05, 3.63) is 75.9 Å². The van der Waals surface area contributed by atoms with Gasteiger partial charge in [0.25, 0.3) is 5.91 Å². The highest BCUT2D eigenvalue weighted by atomic mass is 79.9. The molecule has 0 saturated heterocycles. The third-order valence-electron chi connectivity index (χ3n) is 3.36. The minimum atomic E-state index is -0.514. The molecular weight excluding hydrogens is 382 g/mol. The Kier molecular flexibility index (Phi) is 6.49. The fourth-order valence-corrected chi connectivity index (χ4v) is 2.50. The first-order chi connectivity index (χ1) is 12.0. The number of halogens is 1. The van der Waals surface area contributed by atoms with Crippen molar-refractivity contribution in [1.82, 2.24) is 5.32 Å². The van der Waals surface area contributed by atoms with Gasteiger partial charge in [0.15, 0.2) is 5.78 Å². The number of carbonyl (C=O) groups excluding carboxylic acids is 2. The zero-order chi connectivity index (χ0) is 18.2. The molecule has 0 spiro atoms. The number of rotatable bonds is 6. The number of ketones is 1. The van der Waals surface area contributed by atoms with Crippen molar-refractivity contribution in [2.24, 2.45) is 0 Å². The van der Waals surface area contributed by atoms with E-state index in [-0.39, 0.29) is 11.4 Å². The van der Waals surface area contributed by atoms with E-state index in [1.54, 1.807) is 24.3 Å². The van der Waals surface area contributed by atoms with E-state index in [1.165, 1.54) is 13.1 Å². The minimum absolute atomic E-state index is 0.0364. The Morgan fingerprint density at radius 2 is 1.92 bits per heavy atom. The van der Waals surface area contributed by atoms with Crippen molar-refractivity contribution < 1.29 is 9.59 Å². The van der Waals surface area contributed by atoms with E-state index in [0.29, 0.717) is 17.8 Å². The van der Waals surface area contributed by atoms with E-state index >= 15 is 0 Å². The predicted octanol–water partition coefficient (Wildman–Crippen LogP) is 3.79. The second-order valence-electron chi connectivity index (χ2n) is 5.27. The predicted molar refractivity (Wildman–Crippen MR) is 99.8 cm³/mol. The van der Waals surface area contributed by atoms with Crippen molar-refractivity contribution in [3.8, 4) is 6.07 Å². The van der Waals surface area contributed by atoms with Crippen LogP contribution in [0, 0.1) is 11.3 Å². The summed E-state index contributed by atoms with van der Waals surface area (Å²) in [5.41, 5.74) is 2.06.